The minimum atomic E-state index is 0.000336. The fourth-order valence-corrected chi connectivity index (χ4v) is 5.56. The summed E-state index contributed by atoms with van der Waals surface area (Å²) in [4.78, 5) is 18.1. The number of rotatable bonds is 6. The lowest BCUT2D eigenvalue weighted by atomic mass is 9.89. The summed E-state index contributed by atoms with van der Waals surface area (Å²) >= 11 is 0. The van der Waals surface area contributed by atoms with Gasteiger partial charge in [0.2, 0.25) is 0 Å². The molecule has 0 aromatic heterocycles. The molecule has 0 bridgehead atoms. The third-order valence-corrected chi connectivity index (χ3v) is 7.27. The number of urea groups is 1. The van der Waals surface area contributed by atoms with Gasteiger partial charge >= 0.3 is 6.03 Å². The molecule has 34 heavy (non-hydrogen) atoms. The van der Waals surface area contributed by atoms with Crippen molar-refractivity contribution in [3.8, 4) is 23.0 Å². The van der Waals surface area contributed by atoms with Crippen LogP contribution in [0.2, 0.25) is 0 Å². The fourth-order valence-electron chi connectivity index (χ4n) is 5.56. The minimum Gasteiger partial charge on any atom is -0.493 e. The molecular formula is C27H36N2O5. The second-order valence-corrected chi connectivity index (χ2v) is 8.83. The lowest BCUT2D eigenvalue weighted by Gasteiger charge is -2.44. The number of hydrogen-bond acceptors (Lipinski definition) is 5. The standard InChI is InChI=1S/C27H36N2O5/c1-7-21-19-15-25(33-5)23(31-3)13-17(19)9-11-28(21)27(30)29-12-10-18-14-24(32-4)26(34-6)16-20(18)22(29)8-2/h13-16,21-22H,7-12H2,1-6H3/t21-,22-/m0/s1. The van der Waals surface area contributed by atoms with E-state index in [1.807, 2.05) is 21.9 Å². The van der Waals surface area contributed by atoms with E-state index in [0.29, 0.717) is 24.6 Å². The summed E-state index contributed by atoms with van der Waals surface area (Å²) in [6.07, 6.45) is 3.26. The Bertz CT molecular complexity index is 972. The van der Waals surface area contributed by atoms with Crippen LogP contribution in [0.3, 0.4) is 0 Å². The van der Waals surface area contributed by atoms with Crippen LogP contribution < -0.4 is 18.9 Å². The molecule has 0 unspecified atom stereocenters. The third-order valence-electron chi connectivity index (χ3n) is 7.27. The van der Waals surface area contributed by atoms with Crippen molar-refractivity contribution in [2.24, 2.45) is 0 Å². The summed E-state index contributed by atoms with van der Waals surface area (Å²) in [5, 5.41) is 0. The van der Waals surface area contributed by atoms with E-state index >= 15 is 0 Å². The lowest BCUT2D eigenvalue weighted by molar-refractivity contribution is 0.105. The Kier molecular flexibility index (Phi) is 7.10. The number of methoxy groups -OCH3 is 4. The molecule has 2 aliphatic rings. The zero-order valence-corrected chi connectivity index (χ0v) is 21.1. The smallest absolute Gasteiger partial charge is 0.321 e. The molecular weight excluding hydrogens is 432 g/mol. The second kappa shape index (κ2) is 10.0. The SMILES string of the molecule is CC[C@H]1c2cc(OC)c(OC)cc2CCN1C(=O)N1CCc2cc(OC)c(OC)cc2[C@@H]1CC. The van der Waals surface area contributed by atoms with Gasteiger partial charge in [-0.25, -0.2) is 4.79 Å². The molecule has 0 saturated carbocycles. The molecule has 0 N–H and O–H groups in total. The molecule has 0 radical (unpaired) electrons. The number of amides is 2. The minimum absolute atomic E-state index is 0.000336. The number of fused-ring (bicyclic) bond motifs is 2. The molecule has 0 spiro atoms. The van der Waals surface area contributed by atoms with Crippen LogP contribution in [0, 0.1) is 0 Å². The zero-order chi connectivity index (χ0) is 24.4. The van der Waals surface area contributed by atoms with Crippen molar-refractivity contribution < 1.29 is 23.7 Å². The molecule has 0 fully saturated rings. The van der Waals surface area contributed by atoms with E-state index in [0.717, 1.165) is 48.3 Å². The molecule has 7 heteroatoms. The first-order valence-corrected chi connectivity index (χ1v) is 12.1. The maximum atomic E-state index is 14.0. The van der Waals surface area contributed by atoms with Crippen molar-refractivity contribution >= 4 is 6.03 Å². The number of carbonyl (C=O) groups is 1. The van der Waals surface area contributed by atoms with Gasteiger partial charge in [0, 0.05) is 13.1 Å². The van der Waals surface area contributed by atoms with E-state index in [2.05, 4.69) is 26.0 Å². The Labute approximate surface area is 202 Å². The van der Waals surface area contributed by atoms with Gasteiger partial charge in [-0.05, 0) is 72.2 Å². The quantitative estimate of drug-likeness (QED) is 0.586. The first kappa shape index (κ1) is 24.0. The van der Waals surface area contributed by atoms with Crippen molar-refractivity contribution in [1.29, 1.82) is 0 Å². The van der Waals surface area contributed by atoms with Gasteiger partial charge in [0.05, 0.1) is 40.5 Å². The first-order valence-electron chi connectivity index (χ1n) is 12.1. The van der Waals surface area contributed by atoms with Crippen LogP contribution in [-0.2, 0) is 12.8 Å². The maximum Gasteiger partial charge on any atom is 0.321 e. The van der Waals surface area contributed by atoms with Gasteiger partial charge in [-0.1, -0.05) is 13.8 Å². The van der Waals surface area contributed by atoms with Crippen molar-refractivity contribution in [2.45, 2.75) is 51.6 Å². The van der Waals surface area contributed by atoms with E-state index in [4.69, 9.17) is 18.9 Å². The van der Waals surface area contributed by atoms with Crippen molar-refractivity contribution in [1.82, 2.24) is 9.80 Å². The number of nitrogens with zero attached hydrogens (tertiary/aromatic N) is 2. The topological polar surface area (TPSA) is 60.5 Å². The molecule has 0 saturated heterocycles. The average Bonchev–Trinajstić information content (AvgIpc) is 2.89. The maximum absolute atomic E-state index is 14.0. The Morgan fingerprint density at radius 3 is 1.38 bits per heavy atom. The van der Waals surface area contributed by atoms with Gasteiger partial charge in [-0.15, -0.1) is 0 Å². The molecule has 4 rings (SSSR count). The van der Waals surface area contributed by atoms with E-state index < -0.39 is 0 Å². The third kappa shape index (κ3) is 4.01. The molecule has 2 aromatic carbocycles. The molecule has 2 aliphatic heterocycles. The predicted molar refractivity (Wildman–Crippen MR) is 131 cm³/mol. The number of carbonyl (C=O) groups excluding carboxylic acids is 1. The number of hydrogen-bond donors (Lipinski definition) is 0. The van der Waals surface area contributed by atoms with Crippen molar-refractivity contribution in [3.63, 3.8) is 0 Å². The summed E-state index contributed by atoms with van der Waals surface area (Å²) < 4.78 is 22.1. The largest absolute Gasteiger partial charge is 0.493 e. The highest BCUT2D eigenvalue weighted by Crippen LogP contribution is 2.43. The summed E-state index contributed by atoms with van der Waals surface area (Å²) in [6, 6.07) is 8.30. The first-order chi connectivity index (χ1) is 16.5. The summed E-state index contributed by atoms with van der Waals surface area (Å²) in [5.74, 6) is 2.87. The van der Waals surface area contributed by atoms with Crippen LogP contribution in [0.4, 0.5) is 4.79 Å². The Morgan fingerprint density at radius 2 is 1.06 bits per heavy atom. The zero-order valence-electron chi connectivity index (χ0n) is 21.1. The van der Waals surface area contributed by atoms with Gasteiger partial charge in [0.25, 0.3) is 0 Å². The average molecular weight is 469 g/mol. The summed E-state index contributed by atoms with van der Waals surface area (Å²) in [7, 11) is 6.61. The highest BCUT2D eigenvalue weighted by Gasteiger charge is 2.38. The van der Waals surface area contributed by atoms with Crippen LogP contribution >= 0.6 is 0 Å². The van der Waals surface area contributed by atoms with E-state index in [9.17, 15) is 4.79 Å². The normalized spacial score (nSPS) is 19.2. The molecule has 0 aliphatic carbocycles. The number of benzene rings is 2. The summed E-state index contributed by atoms with van der Waals surface area (Å²) in [5.41, 5.74) is 4.75. The molecule has 2 amide bonds. The molecule has 2 atom stereocenters. The van der Waals surface area contributed by atoms with Crippen molar-refractivity contribution in [3.05, 3.63) is 46.5 Å². The second-order valence-electron chi connectivity index (χ2n) is 8.83. The Hall–Kier alpha value is -3.09. The van der Waals surface area contributed by atoms with E-state index in [-0.39, 0.29) is 18.1 Å². The molecule has 7 nitrogen and oxygen atoms in total. The Morgan fingerprint density at radius 1 is 0.706 bits per heavy atom. The van der Waals surface area contributed by atoms with Gasteiger partial charge in [0.15, 0.2) is 23.0 Å². The van der Waals surface area contributed by atoms with Gasteiger partial charge < -0.3 is 28.7 Å². The lowest BCUT2D eigenvalue weighted by Crippen LogP contribution is -2.50. The van der Waals surface area contributed by atoms with E-state index in [1.54, 1.807) is 28.4 Å². The monoisotopic (exact) mass is 468 g/mol. The molecule has 2 aromatic rings. The van der Waals surface area contributed by atoms with Crippen LogP contribution in [0.15, 0.2) is 24.3 Å². The highest BCUT2D eigenvalue weighted by atomic mass is 16.5. The fraction of sp³-hybridized carbons (Fsp3) is 0.519. The van der Waals surface area contributed by atoms with Crippen LogP contribution in [0.25, 0.3) is 0 Å². The predicted octanol–water partition coefficient (Wildman–Crippen LogP) is 5.16. The van der Waals surface area contributed by atoms with Crippen molar-refractivity contribution in [2.75, 3.05) is 41.5 Å². The van der Waals surface area contributed by atoms with Crippen LogP contribution in [-0.4, -0.2) is 57.4 Å². The van der Waals surface area contributed by atoms with Crippen LogP contribution in [0.5, 0.6) is 23.0 Å². The van der Waals surface area contributed by atoms with Gasteiger partial charge in [0.1, 0.15) is 0 Å². The Balaban J connectivity index is 1.66. The molecule has 184 valence electrons. The highest BCUT2D eigenvalue weighted by molar-refractivity contribution is 5.77. The van der Waals surface area contributed by atoms with Gasteiger partial charge in [-0.3, -0.25) is 0 Å². The molecule has 2 heterocycles. The summed E-state index contributed by atoms with van der Waals surface area (Å²) in [6.45, 7) is 5.64. The van der Waals surface area contributed by atoms with Crippen LogP contribution in [0.1, 0.15) is 61.0 Å². The van der Waals surface area contributed by atoms with Gasteiger partial charge in [-0.2, -0.15) is 0 Å². The number of ether oxygens (including phenoxy) is 4. The van der Waals surface area contributed by atoms with E-state index in [1.165, 1.54) is 11.1 Å².